The van der Waals surface area contributed by atoms with E-state index in [0.29, 0.717) is 38.5 Å². The van der Waals surface area contributed by atoms with Crippen LogP contribution in [0, 0.1) is 59.6 Å². The zero-order chi connectivity index (χ0) is 98.8. The third kappa shape index (κ3) is 40.3. The lowest BCUT2D eigenvalue weighted by Crippen LogP contribution is -2.64. The molecule has 3 rings (SSSR count). The fraction of sp³-hybridized carbons (Fsp3) is 0.915. The van der Waals surface area contributed by atoms with Gasteiger partial charge in [-0.1, -0.05) is 159 Å². The van der Waals surface area contributed by atoms with E-state index in [9.17, 15) is 79.5 Å². The summed E-state index contributed by atoms with van der Waals surface area (Å²) in [6.07, 6.45) is -11.6. The van der Waals surface area contributed by atoms with Gasteiger partial charge in [0.2, 0.25) is 47.3 Å². The van der Waals surface area contributed by atoms with Gasteiger partial charge in [0.05, 0.1) is 76.3 Å². The number of ether oxygens (including phenoxy) is 8. The van der Waals surface area contributed by atoms with Crippen LogP contribution in [-0.2, 0) is 76.3 Å². The number of aliphatic hydroxyl groups is 9. The molecule has 0 radical (unpaired) electrons. The topological polar surface area (TPSA) is 501 Å². The minimum atomic E-state index is -1.49. The standard InChI is InChI=1S/C94H177N9O25/c1-57(107)99-65-71(115)68(112)60(38-104)126-74(65)122-51-86(17,18)42-83(11,12)48-95-77(118)89(23,24)45-81(7,8)36-37-94(103-64(111)35-33-34-63(110)102-91(27,28)46-82(9,10)41-80(4,5)6,54-121-56-98-93(31,32)79(120)97-50-85(15,16)44-88(21,22)53-124-76-67(101-59(3)109)73(117)70(114)62(40-106)128-76)55-125-92(29,30)47-90(25,26)78(119)96-49-84(13,14)43-87(19,20)52-123-75-66(100-58(2)108)72(116)69(113)61(39-105)127-75/h60-62,65-76,98,104-106,112-117H,33-56H2,1-32H3,(H,95,118)(H,96,119)(H,97,120)(H,99,107)(H,100,108)(H,101,109)(H,102,110)(H,103,111). The summed E-state index contributed by atoms with van der Waals surface area (Å²) in [6.45, 7) is 59.8. The van der Waals surface area contributed by atoms with Crippen molar-refractivity contribution in [1.82, 2.24) is 47.9 Å². The average Bonchev–Trinajstić information content (AvgIpc) is 0.803. The predicted molar refractivity (Wildman–Crippen MR) is 487 cm³/mol. The molecule has 0 aromatic rings. The SMILES string of the molecule is CC(=O)NC1C(OCC(C)(C)CC(C)(C)CNC(=O)C(C)(C)CC(C)(C)CCC(COCNC(C)(C)C(=O)NCC(C)(C)CC(C)(C)COC2OC(CO)C(O)C(O)C2NC(C)=O)(COC(C)(C)CC(C)(C)C(=O)NCC(C)(C)CC(C)(C)COC2OC(CO)C(O)C(O)C2NC(C)=O)NC(=O)CCCC(=O)NC(C)(C)CC(C)(C)CC(C)(C)C)OC(CO)C(O)C1O. The molecule has 8 amide bonds. The van der Waals surface area contributed by atoms with Gasteiger partial charge >= 0.3 is 0 Å². The molecule has 3 aliphatic heterocycles. The first-order valence-corrected chi connectivity index (χ1v) is 45.9. The number of carbonyl (C=O) groups excluding carboxylic acids is 8. The summed E-state index contributed by atoms with van der Waals surface area (Å²) in [7, 11) is 0. The van der Waals surface area contributed by atoms with Gasteiger partial charge in [-0.3, -0.25) is 43.7 Å². The summed E-state index contributed by atoms with van der Waals surface area (Å²) in [6, 6.07) is -3.38. The molecule has 34 nitrogen and oxygen atoms in total. The number of nitrogens with one attached hydrogen (secondary N) is 9. The lowest BCUT2D eigenvalue weighted by Gasteiger charge is -2.43. The molecule has 0 saturated carbocycles. The smallest absolute Gasteiger partial charge is 0.239 e. The second-order valence-electron chi connectivity index (χ2n) is 48.1. The molecule has 16 unspecified atom stereocenters. The molecule has 3 fully saturated rings. The summed E-state index contributed by atoms with van der Waals surface area (Å²) in [5.41, 5.74) is -10.4. The van der Waals surface area contributed by atoms with Crippen LogP contribution in [0.1, 0.15) is 299 Å². The number of hydrogen-bond acceptors (Lipinski definition) is 26. The maximum atomic E-state index is 15.1. The molecule has 18 N–H and O–H groups in total. The van der Waals surface area contributed by atoms with Crippen molar-refractivity contribution in [2.45, 2.75) is 413 Å². The van der Waals surface area contributed by atoms with Gasteiger partial charge in [-0.15, -0.1) is 0 Å². The molecule has 748 valence electrons. The Morgan fingerprint density at radius 2 is 0.688 bits per heavy atom. The zero-order valence-electron chi connectivity index (χ0n) is 84.2. The van der Waals surface area contributed by atoms with E-state index in [0.717, 1.165) is 6.42 Å². The Kier molecular flexibility index (Phi) is 43.0. The highest BCUT2D eigenvalue weighted by atomic mass is 16.7. The quantitative estimate of drug-likeness (QED) is 0.0242. The summed E-state index contributed by atoms with van der Waals surface area (Å²) in [5, 5.41) is 122. The summed E-state index contributed by atoms with van der Waals surface area (Å²) in [5.74, 6) is -2.89. The molecule has 0 spiro atoms. The van der Waals surface area contributed by atoms with E-state index >= 15 is 4.79 Å². The Bertz CT molecular complexity index is 3410. The molecular formula is C94H177N9O25. The van der Waals surface area contributed by atoms with Crippen LogP contribution in [0.25, 0.3) is 0 Å². The van der Waals surface area contributed by atoms with Crippen molar-refractivity contribution in [2.24, 2.45) is 59.6 Å². The van der Waals surface area contributed by atoms with Gasteiger partial charge in [0.1, 0.15) is 73.1 Å². The Labute approximate surface area is 765 Å². The first-order chi connectivity index (χ1) is 57.9. The van der Waals surface area contributed by atoms with E-state index < -0.39 is 206 Å². The van der Waals surface area contributed by atoms with Crippen molar-refractivity contribution in [3.8, 4) is 0 Å². The molecule has 0 bridgehead atoms. The van der Waals surface area contributed by atoms with Gasteiger partial charge in [0, 0.05) is 69.6 Å². The molecule has 3 aliphatic rings. The summed E-state index contributed by atoms with van der Waals surface area (Å²) in [4.78, 5) is 109. The van der Waals surface area contributed by atoms with Crippen LogP contribution in [-0.4, -0.2) is 287 Å². The highest BCUT2D eigenvalue weighted by molar-refractivity contribution is 5.85. The lowest BCUT2D eigenvalue weighted by atomic mass is 9.70. The second-order valence-corrected chi connectivity index (χ2v) is 48.1. The lowest BCUT2D eigenvalue weighted by molar-refractivity contribution is -0.276. The minimum Gasteiger partial charge on any atom is -0.394 e. The number of carbonyl (C=O) groups is 8. The van der Waals surface area contributed by atoms with E-state index in [-0.39, 0.29) is 126 Å². The van der Waals surface area contributed by atoms with Crippen LogP contribution < -0.4 is 47.9 Å². The Hall–Kier alpha value is -4.96. The molecule has 16 atom stereocenters. The van der Waals surface area contributed by atoms with E-state index in [1.807, 2.05) is 138 Å². The van der Waals surface area contributed by atoms with Gasteiger partial charge in [0.25, 0.3) is 0 Å². The van der Waals surface area contributed by atoms with Crippen LogP contribution >= 0.6 is 0 Å². The third-order valence-electron chi connectivity index (χ3n) is 23.9. The van der Waals surface area contributed by atoms with E-state index in [1.54, 1.807) is 13.8 Å². The maximum absolute atomic E-state index is 15.1. The van der Waals surface area contributed by atoms with Crippen molar-refractivity contribution in [1.29, 1.82) is 0 Å². The zero-order valence-corrected chi connectivity index (χ0v) is 84.2. The maximum Gasteiger partial charge on any atom is 0.239 e. The summed E-state index contributed by atoms with van der Waals surface area (Å²) < 4.78 is 49.9. The van der Waals surface area contributed by atoms with Crippen molar-refractivity contribution >= 4 is 47.3 Å². The molecule has 3 saturated heterocycles. The second kappa shape index (κ2) is 47.0. The number of hydrogen-bond donors (Lipinski definition) is 18. The van der Waals surface area contributed by atoms with Gasteiger partial charge in [-0.2, -0.15) is 0 Å². The van der Waals surface area contributed by atoms with E-state index in [1.165, 1.54) is 20.8 Å². The van der Waals surface area contributed by atoms with Crippen molar-refractivity contribution in [3.63, 3.8) is 0 Å². The largest absolute Gasteiger partial charge is 0.394 e. The fourth-order valence-electron chi connectivity index (χ4n) is 19.9. The van der Waals surface area contributed by atoms with Gasteiger partial charge in [0.15, 0.2) is 18.9 Å². The molecular weight excluding hydrogens is 1660 g/mol. The highest BCUT2D eigenvalue weighted by Gasteiger charge is 2.52. The number of rotatable bonds is 54. The van der Waals surface area contributed by atoms with E-state index in [2.05, 4.69) is 96.3 Å². The van der Waals surface area contributed by atoms with Crippen molar-refractivity contribution in [2.75, 3.05) is 79.2 Å². The molecule has 0 aliphatic carbocycles. The normalized spacial score (nSPS) is 24.7. The third-order valence-corrected chi connectivity index (χ3v) is 23.9. The molecule has 34 heteroatoms. The molecule has 0 aromatic carbocycles. The monoisotopic (exact) mass is 1830 g/mol. The number of aliphatic hydroxyl groups excluding tert-OH is 9. The van der Waals surface area contributed by atoms with Gasteiger partial charge in [-0.05, 0) is 154 Å². The molecule has 128 heavy (non-hydrogen) atoms. The minimum absolute atomic E-state index is 0.0497. The van der Waals surface area contributed by atoms with Crippen molar-refractivity contribution in [3.05, 3.63) is 0 Å². The van der Waals surface area contributed by atoms with E-state index in [4.69, 9.17) is 37.9 Å². The first kappa shape index (κ1) is 117. The van der Waals surface area contributed by atoms with Gasteiger partial charge < -0.3 is 126 Å². The van der Waals surface area contributed by atoms with Crippen LogP contribution in [0.3, 0.4) is 0 Å². The van der Waals surface area contributed by atoms with Crippen LogP contribution in [0.15, 0.2) is 0 Å². The highest BCUT2D eigenvalue weighted by Crippen LogP contribution is 2.44. The van der Waals surface area contributed by atoms with Gasteiger partial charge in [-0.25, -0.2) is 0 Å². The Morgan fingerprint density at radius 3 is 1.02 bits per heavy atom. The Morgan fingerprint density at radius 1 is 0.352 bits per heavy atom. The van der Waals surface area contributed by atoms with Crippen molar-refractivity contribution < 1.29 is 122 Å². The number of amides is 8. The predicted octanol–water partition coefficient (Wildman–Crippen LogP) is 6.09. The first-order valence-electron chi connectivity index (χ1n) is 45.9. The molecule has 0 aromatic heterocycles. The van der Waals surface area contributed by atoms with Crippen LogP contribution in [0.5, 0.6) is 0 Å². The van der Waals surface area contributed by atoms with Crippen LogP contribution in [0.2, 0.25) is 0 Å². The van der Waals surface area contributed by atoms with Crippen LogP contribution in [0.4, 0.5) is 0 Å². The Balaban J connectivity index is 2.06. The summed E-state index contributed by atoms with van der Waals surface area (Å²) >= 11 is 0. The average molecular weight is 1830 g/mol. The fourth-order valence-corrected chi connectivity index (χ4v) is 19.9. The molecule has 3 heterocycles.